The summed E-state index contributed by atoms with van der Waals surface area (Å²) in [5.74, 6) is 3.06. The van der Waals surface area contributed by atoms with Crippen molar-refractivity contribution in [2.45, 2.75) is 76.7 Å². The maximum Gasteiger partial charge on any atom is 0.309 e. The molecule has 0 aromatic heterocycles. The first kappa shape index (κ1) is 37.8. The number of hydrogen-bond acceptors (Lipinski definition) is 11. The first-order valence-corrected chi connectivity index (χ1v) is 21.0. The van der Waals surface area contributed by atoms with Crippen molar-refractivity contribution in [1.29, 1.82) is 5.26 Å². The van der Waals surface area contributed by atoms with Crippen LogP contribution in [-0.4, -0.2) is 84.9 Å². The van der Waals surface area contributed by atoms with Gasteiger partial charge in [-0.05, 0) is 79.6 Å². The van der Waals surface area contributed by atoms with Crippen LogP contribution in [0.2, 0.25) is 0 Å². The number of benzene rings is 4. The van der Waals surface area contributed by atoms with Gasteiger partial charge in [0.05, 0.1) is 24.1 Å². The number of rotatable bonds is 10. The number of fused-ring (bicyclic) bond motifs is 12. The SMILES string of the molecule is COCOc1c(C)c(C)cc2c1[C@@H]1C3Cc4c(O)c(C)c5c(c4[C@H](COC(=O)[C@H](C)CSCC4c6ccccc6-c6ccccc64)N3[C@@H](C#N)[C@H](C2)N1C)OCO5. The Morgan fingerprint density at radius 3 is 2.40 bits per heavy atom. The lowest BCUT2D eigenvalue weighted by atomic mass is 9.71. The standard InChI is InChI=1S/C46H49N3O7S/c1-24-15-28-16-35-37(18-47)49-36(41(48(35)5)39(28)43(26(24)3)54-22-52-6)17-33-40(45-44(55-23-56-45)27(4)42(33)50)38(49)19-53-46(51)25(2)20-57-21-34-31-13-9-7-11-29(31)30-12-8-10-14-32(30)34/h7-15,25,34-38,41,50H,16-17,19-23H2,1-6H3/t25-,35+,36?,37+,38+,41+/m1/s1. The zero-order valence-corrected chi connectivity index (χ0v) is 34.2. The maximum atomic E-state index is 14.0. The van der Waals surface area contributed by atoms with Crippen LogP contribution < -0.4 is 14.2 Å². The Morgan fingerprint density at radius 2 is 1.70 bits per heavy atom. The molecule has 2 bridgehead atoms. The van der Waals surface area contributed by atoms with E-state index in [-0.39, 0.29) is 61.9 Å². The Kier molecular flexibility index (Phi) is 9.88. The van der Waals surface area contributed by atoms with E-state index in [1.165, 1.54) is 22.3 Å². The number of esters is 1. The number of aromatic hydroxyl groups is 1. The van der Waals surface area contributed by atoms with Crippen molar-refractivity contribution in [2.75, 3.05) is 45.9 Å². The molecule has 5 aliphatic rings. The maximum absolute atomic E-state index is 14.0. The van der Waals surface area contributed by atoms with Crippen molar-refractivity contribution >= 4 is 17.7 Å². The Bertz CT molecular complexity index is 2260. The number of aryl methyl sites for hydroxylation is 1. The fourth-order valence-electron chi connectivity index (χ4n) is 10.3. The number of likely N-dealkylation sites (N-methyl/N-ethyl adjacent to an activating group) is 1. The molecular weight excluding hydrogens is 739 g/mol. The second kappa shape index (κ2) is 14.9. The van der Waals surface area contributed by atoms with Gasteiger partial charge < -0.3 is 28.8 Å². The second-order valence-corrected chi connectivity index (χ2v) is 17.3. The molecule has 1 unspecified atom stereocenters. The Hall–Kier alpha value is -4.73. The first-order valence-electron chi connectivity index (χ1n) is 19.8. The van der Waals surface area contributed by atoms with Gasteiger partial charge in [0, 0.05) is 58.9 Å². The number of phenolic OH excluding ortho intramolecular Hbond substituents is 1. The van der Waals surface area contributed by atoms with Gasteiger partial charge in [-0.25, -0.2) is 0 Å². The fraction of sp³-hybridized carbons (Fsp3) is 0.435. The Morgan fingerprint density at radius 1 is 1.00 bits per heavy atom. The van der Waals surface area contributed by atoms with E-state index >= 15 is 0 Å². The highest BCUT2D eigenvalue weighted by atomic mass is 32.2. The van der Waals surface area contributed by atoms with Gasteiger partial charge >= 0.3 is 5.97 Å². The highest BCUT2D eigenvalue weighted by Gasteiger charge is 2.57. The summed E-state index contributed by atoms with van der Waals surface area (Å²) >= 11 is 1.77. The van der Waals surface area contributed by atoms with E-state index in [0.717, 1.165) is 44.9 Å². The summed E-state index contributed by atoms with van der Waals surface area (Å²) in [4.78, 5) is 18.5. The van der Waals surface area contributed by atoms with Crippen LogP contribution in [0, 0.1) is 38.0 Å². The predicted molar refractivity (Wildman–Crippen MR) is 218 cm³/mol. The van der Waals surface area contributed by atoms with Crippen LogP contribution in [0.5, 0.6) is 23.0 Å². The highest BCUT2D eigenvalue weighted by molar-refractivity contribution is 7.99. The number of thioether (sulfide) groups is 1. The van der Waals surface area contributed by atoms with E-state index < -0.39 is 12.1 Å². The molecule has 0 radical (unpaired) electrons. The predicted octanol–water partition coefficient (Wildman–Crippen LogP) is 7.53. The normalized spacial score (nSPS) is 23.4. The van der Waals surface area contributed by atoms with Crippen LogP contribution in [0.3, 0.4) is 0 Å². The van der Waals surface area contributed by atoms with Crippen molar-refractivity contribution in [3.63, 3.8) is 0 Å². The van der Waals surface area contributed by atoms with Crippen molar-refractivity contribution in [2.24, 2.45) is 5.92 Å². The van der Waals surface area contributed by atoms with Gasteiger partial charge in [-0.15, -0.1) is 0 Å². The van der Waals surface area contributed by atoms with Gasteiger partial charge in [0.15, 0.2) is 18.3 Å². The summed E-state index contributed by atoms with van der Waals surface area (Å²) in [7, 11) is 3.71. The van der Waals surface area contributed by atoms with Crippen molar-refractivity contribution in [1.82, 2.24) is 9.80 Å². The third-order valence-electron chi connectivity index (χ3n) is 13.2. The third-order valence-corrected chi connectivity index (χ3v) is 14.5. The molecule has 4 aliphatic heterocycles. The van der Waals surface area contributed by atoms with Crippen molar-refractivity contribution < 1.29 is 33.6 Å². The smallest absolute Gasteiger partial charge is 0.309 e. The third kappa shape index (κ3) is 5.98. The number of carbonyl (C=O) groups excluding carboxylic acids is 1. The Labute approximate surface area is 338 Å². The van der Waals surface area contributed by atoms with Gasteiger partial charge in [0.1, 0.15) is 24.1 Å². The number of carbonyl (C=O) groups is 1. The molecule has 1 saturated heterocycles. The van der Waals surface area contributed by atoms with Crippen LogP contribution in [-0.2, 0) is 27.1 Å². The summed E-state index contributed by atoms with van der Waals surface area (Å²) in [6, 6.07) is 20.4. The number of phenols is 1. The molecule has 1 aliphatic carbocycles. The molecule has 0 spiro atoms. The molecule has 4 aromatic rings. The van der Waals surface area contributed by atoms with E-state index in [1.54, 1.807) is 18.9 Å². The average molecular weight is 788 g/mol. The van der Waals surface area contributed by atoms with Crippen molar-refractivity contribution in [3.8, 4) is 40.2 Å². The molecule has 0 amide bonds. The number of piperazine rings is 1. The number of methoxy groups -OCH3 is 1. The van der Waals surface area contributed by atoms with E-state index in [4.69, 9.17) is 23.7 Å². The molecule has 10 nitrogen and oxygen atoms in total. The monoisotopic (exact) mass is 787 g/mol. The molecule has 296 valence electrons. The zero-order valence-electron chi connectivity index (χ0n) is 33.3. The van der Waals surface area contributed by atoms with Crippen molar-refractivity contribution in [3.05, 3.63) is 105 Å². The summed E-state index contributed by atoms with van der Waals surface area (Å²) < 4.78 is 30.1. The van der Waals surface area contributed by atoms with Gasteiger partial charge in [0.25, 0.3) is 0 Å². The van der Waals surface area contributed by atoms with Gasteiger partial charge in [0.2, 0.25) is 6.79 Å². The zero-order chi connectivity index (χ0) is 39.7. The quantitative estimate of drug-likeness (QED) is 0.127. The summed E-state index contributed by atoms with van der Waals surface area (Å²) in [6.45, 7) is 8.05. The highest BCUT2D eigenvalue weighted by Crippen LogP contribution is 2.58. The Balaban J connectivity index is 1.03. The number of ether oxygens (including phenoxy) is 5. The summed E-state index contributed by atoms with van der Waals surface area (Å²) in [6.07, 6.45) is 1.09. The molecule has 57 heavy (non-hydrogen) atoms. The van der Waals surface area contributed by atoms with E-state index in [0.29, 0.717) is 35.7 Å². The first-order chi connectivity index (χ1) is 27.6. The molecule has 11 heteroatoms. The minimum atomic E-state index is -0.573. The minimum absolute atomic E-state index is 0.00678. The molecule has 6 atom stereocenters. The second-order valence-electron chi connectivity index (χ2n) is 16.2. The number of nitriles is 1. The van der Waals surface area contributed by atoms with Gasteiger partial charge in [-0.3, -0.25) is 14.6 Å². The molecule has 1 fully saturated rings. The summed E-state index contributed by atoms with van der Waals surface area (Å²) in [5.41, 5.74) is 11.7. The lowest BCUT2D eigenvalue weighted by Gasteiger charge is -2.60. The lowest BCUT2D eigenvalue weighted by Crippen LogP contribution is -2.68. The van der Waals surface area contributed by atoms with Crippen LogP contribution >= 0.6 is 11.8 Å². The van der Waals surface area contributed by atoms with E-state index in [1.807, 2.05) is 13.8 Å². The molecule has 4 heterocycles. The lowest BCUT2D eigenvalue weighted by molar-refractivity contribution is -0.152. The largest absolute Gasteiger partial charge is 0.507 e. The van der Waals surface area contributed by atoms with E-state index in [2.05, 4.69) is 91.4 Å². The minimum Gasteiger partial charge on any atom is -0.507 e. The number of nitrogens with zero attached hydrogens (tertiary/aromatic N) is 3. The van der Waals surface area contributed by atoms with Crippen LogP contribution in [0.25, 0.3) is 11.1 Å². The van der Waals surface area contributed by atoms with Gasteiger partial charge in [-0.1, -0.05) is 61.5 Å². The van der Waals surface area contributed by atoms with Crippen LogP contribution in [0.15, 0.2) is 54.6 Å². The topological polar surface area (TPSA) is 114 Å². The van der Waals surface area contributed by atoms with Gasteiger partial charge in [-0.2, -0.15) is 17.0 Å². The molecule has 0 saturated carbocycles. The van der Waals surface area contributed by atoms with Crippen LogP contribution in [0.1, 0.15) is 75.0 Å². The number of hydrogen-bond donors (Lipinski definition) is 1. The van der Waals surface area contributed by atoms with Crippen LogP contribution in [0.4, 0.5) is 0 Å². The molecular formula is C46H49N3O7S. The molecule has 9 rings (SSSR count). The molecule has 4 aromatic carbocycles. The average Bonchev–Trinajstić information content (AvgIpc) is 3.83. The molecule has 1 N–H and O–H groups in total. The summed E-state index contributed by atoms with van der Waals surface area (Å²) in [5, 5.41) is 22.9. The fourth-order valence-corrected chi connectivity index (χ4v) is 11.5. The van der Waals surface area contributed by atoms with E-state index in [9.17, 15) is 15.2 Å².